The SMILES string of the molecule is COC(=O)C1CCN(CCc2cn(C3CCNCC3)c(C(N)=O)n2)CC1. The van der Waals surface area contributed by atoms with E-state index in [4.69, 9.17) is 10.5 Å². The number of likely N-dealkylation sites (tertiary alicyclic amines) is 1. The van der Waals surface area contributed by atoms with Crippen molar-refractivity contribution in [2.24, 2.45) is 11.7 Å². The predicted octanol–water partition coefficient (Wildman–Crippen LogP) is 0.334. The average molecular weight is 363 g/mol. The Morgan fingerprint density at radius 2 is 1.96 bits per heavy atom. The molecular weight excluding hydrogens is 334 g/mol. The third kappa shape index (κ3) is 4.42. The number of nitrogens with two attached hydrogens (primary N) is 1. The van der Waals surface area contributed by atoms with Crippen LogP contribution in [-0.4, -0.2) is 66.2 Å². The zero-order chi connectivity index (χ0) is 18.5. The maximum atomic E-state index is 11.8. The summed E-state index contributed by atoms with van der Waals surface area (Å²) in [4.78, 5) is 30.2. The molecule has 2 saturated heterocycles. The molecule has 26 heavy (non-hydrogen) atoms. The number of ether oxygens (including phenoxy) is 1. The number of amides is 1. The zero-order valence-corrected chi connectivity index (χ0v) is 15.4. The van der Waals surface area contributed by atoms with Gasteiger partial charge in [0.1, 0.15) is 0 Å². The molecule has 0 aromatic carbocycles. The van der Waals surface area contributed by atoms with Crippen LogP contribution in [0.3, 0.4) is 0 Å². The van der Waals surface area contributed by atoms with Crippen LogP contribution in [-0.2, 0) is 16.0 Å². The lowest BCUT2D eigenvalue weighted by molar-refractivity contribution is -0.147. The maximum absolute atomic E-state index is 11.8. The summed E-state index contributed by atoms with van der Waals surface area (Å²) in [5, 5.41) is 3.33. The highest BCUT2D eigenvalue weighted by Gasteiger charge is 2.26. The first-order chi connectivity index (χ1) is 12.6. The van der Waals surface area contributed by atoms with Gasteiger partial charge in [0.2, 0.25) is 0 Å². The van der Waals surface area contributed by atoms with E-state index in [-0.39, 0.29) is 17.9 Å². The van der Waals surface area contributed by atoms with E-state index in [1.54, 1.807) is 0 Å². The number of esters is 1. The maximum Gasteiger partial charge on any atom is 0.308 e. The summed E-state index contributed by atoms with van der Waals surface area (Å²) < 4.78 is 6.81. The third-order valence-electron chi connectivity index (χ3n) is 5.51. The molecule has 144 valence electrons. The monoisotopic (exact) mass is 363 g/mol. The van der Waals surface area contributed by atoms with E-state index in [9.17, 15) is 9.59 Å². The Balaban J connectivity index is 1.57. The van der Waals surface area contributed by atoms with E-state index in [1.807, 2.05) is 10.8 Å². The number of carbonyl (C=O) groups excluding carboxylic acids is 2. The number of aromatic nitrogens is 2. The lowest BCUT2D eigenvalue weighted by atomic mass is 9.97. The van der Waals surface area contributed by atoms with Gasteiger partial charge in [0.25, 0.3) is 5.91 Å². The van der Waals surface area contributed by atoms with Crippen LogP contribution in [0.2, 0.25) is 0 Å². The van der Waals surface area contributed by atoms with Crippen molar-refractivity contribution in [3.63, 3.8) is 0 Å². The molecule has 0 bridgehead atoms. The van der Waals surface area contributed by atoms with Crippen molar-refractivity contribution in [2.75, 3.05) is 39.8 Å². The number of carbonyl (C=O) groups is 2. The van der Waals surface area contributed by atoms with Gasteiger partial charge in [-0.1, -0.05) is 0 Å². The molecule has 2 aliphatic heterocycles. The van der Waals surface area contributed by atoms with Crippen molar-refractivity contribution in [3.05, 3.63) is 17.7 Å². The lowest BCUT2D eigenvalue weighted by Crippen LogP contribution is -2.37. The molecule has 0 saturated carbocycles. The molecule has 1 aromatic rings. The fourth-order valence-corrected chi connectivity index (χ4v) is 3.94. The molecule has 3 N–H and O–H groups in total. The van der Waals surface area contributed by atoms with E-state index in [0.717, 1.165) is 70.5 Å². The predicted molar refractivity (Wildman–Crippen MR) is 96.8 cm³/mol. The molecule has 3 heterocycles. The summed E-state index contributed by atoms with van der Waals surface area (Å²) >= 11 is 0. The van der Waals surface area contributed by atoms with Crippen LogP contribution in [0.1, 0.15) is 48.0 Å². The van der Waals surface area contributed by atoms with Gasteiger partial charge in [0.05, 0.1) is 18.7 Å². The average Bonchev–Trinajstić information content (AvgIpc) is 3.11. The number of hydrogen-bond acceptors (Lipinski definition) is 6. The van der Waals surface area contributed by atoms with Crippen LogP contribution in [0, 0.1) is 5.92 Å². The molecule has 8 heteroatoms. The van der Waals surface area contributed by atoms with Crippen LogP contribution >= 0.6 is 0 Å². The summed E-state index contributed by atoms with van der Waals surface area (Å²) in [6.45, 7) is 4.54. The Morgan fingerprint density at radius 1 is 1.27 bits per heavy atom. The molecule has 0 radical (unpaired) electrons. The molecule has 1 amide bonds. The van der Waals surface area contributed by atoms with Gasteiger partial charge in [-0.05, 0) is 51.9 Å². The summed E-state index contributed by atoms with van der Waals surface area (Å²) in [6, 6.07) is 0.288. The smallest absolute Gasteiger partial charge is 0.308 e. The number of hydrogen-bond donors (Lipinski definition) is 2. The second-order valence-electron chi connectivity index (χ2n) is 7.20. The van der Waals surface area contributed by atoms with Crippen LogP contribution in [0.25, 0.3) is 0 Å². The Hall–Kier alpha value is -1.93. The van der Waals surface area contributed by atoms with Crippen molar-refractivity contribution in [1.29, 1.82) is 0 Å². The fourth-order valence-electron chi connectivity index (χ4n) is 3.94. The largest absolute Gasteiger partial charge is 0.469 e. The van der Waals surface area contributed by atoms with Crippen molar-refractivity contribution < 1.29 is 14.3 Å². The second-order valence-corrected chi connectivity index (χ2v) is 7.20. The van der Waals surface area contributed by atoms with Crippen molar-refractivity contribution in [1.82, 2.24) is 19.8 Å². The van der Waals surface area contributed by atoms with Gasteiger partial charge in [0.15, 0.2) is 5.82 Å². The number of primary amides is 1. The van der Waals surface area contributed by atoms with Gasteiger partial charge in [-0.3, -0.25) is 9.59 Å². The third-order valence-corrected chi connectivity index (χ3v) is 5.51. The molecule has 0 spiro atoms. The van der Waals surface area contributed by atoms with Crippen LogP contribution in [0.5, 0.6) is 0 Å². The van der Waals surface area contributed by atoms with Crippen molar-refractivity contribution in [3.8, 4) is 0 Å². The highest BCUT2D eigenvalue weighted by Crippen LogP contribution is 2.22. The molecule has 0 aliphatic carbocycles. The Morgan fingerprint density at radius 3 is 2.58 bits per heavy atom. The minimum atomic E-state index is -0.464. The normalized spacial score (nSPS) is 20.2. The molecule has 8 nitrogen and oxygen atoms in total. The lowest BCUT2D eigenvalue weighted by Gasteiger charge is -2.30. The number of rotatable bonds is 6. The highest BCUT2D eigenvalue weighted by atomic mass is 16.5. The van der Waals surface area contributed by atoms with Crippen LogP contribution in [0.15, 0.2) is 6.20 Å². The first-order valence-corrected chi connectivity index (χ1v) is 9.47. The fraction of sp³-hybridized carbons (Fsp3) is 0.722. The standard InChI is InChI=1S/C18H29N5O3/c1-26-18(25)13-4-9-22(10-5-13)11-6-14-12-23(17(21-14)16(19)24)15-2-7-20-8-3-15/h12-13,15,20H,2-11H2,1H3,(H2,19,24). The minimum absolute atomic E-state index is 0.0248. The first-order valence-electron chi connectivity index (χ1n) is 9.47. The van der Waals surface area contributed by atoms with Crippen molar-refractivity contribution >= 4 is 11.9 Å². The molecule has 2 aliphatic rings. The van der Waals surface area contributed by atoms with Crippen LogP contribution in [0.4, 0.5) is 0 Å². The van der Waals surface area contributed by atoms with Crippen molar-refractivity contribution in [2.45, 2.75) is 38.1 Å². The van der Waals surface area contributed by atoms with Gasteiger partial charge in [-0.2, -0.15) is 0 Å². The molecular formula is C18H29N5O3. The highest BCUT2D eigenvalue weighted by molar-refractivity contribution is 5.89. The molecule has 0 atom stereocenters. The summed E-state index contributed by atoms with van der Waals surface area (Å²) in [6.07, 6.45) is 6.41. The summed E-state index contributed by atoms with van der Waals surface area (Å²) in [5.41, 5.74) is 6.45. The Kier molecular flexibility index (Phi) is 6.26. The minimum Gasteiger partial charge on any atom is -0.469 e. The van der Waals surface area contributed by atoms with Gasteiger partial charge in [0, 0.05) is 25.2 Å². The molecule has 0 unspecified atom stereocenters. The summed E-state index contributed by atoms with van der Waals surface area (Å²) in [5.74, 6) is -0.168. The van der Waals surface area contributed by atoms with E-state index in [2.05, 4.69) is 15.2 Å². The van der Waals surface area contributed by atoms with Gasteiger partial charge < -0.3 is 25.3 Å². The quantitative estimate of drug-likeness (QED) is 0.707. The molecule has 1 aromatic heterocycles. The van der Waals surface area contributed by atoms with Gasteiger partial charge in [-0.25, -0.2) is 4.98 Å². The van der Waals surface area contributed by atoms with Crippen LogP contribution < -0.4 is 11.1 Å². The Bertz CT molecular complexity index is 631. The van der Waals surface area contributed by atoms with Gasteiger partial charge in [-0.15, -0.1) is 0 Å². The van der Waals surface area contributed by atoms with E-state index < -0.39 is 5.91 Å². The van der Waals surface area contributed by atoms with E-state index in [0.29, 0.717) is 5.82 Å². The topological polar surface area (TPSA) is 102 Å². The Labute approximate surface area is 154 Å². The molecule has 3 rings (SSSR count). The number of imidazole rings is 1. The number of methoxy groups -OCH3 is 1. The van der Waals surface area contributed by atoms with E-state index >= 15 is 0 Å². The first kappa shape index (κ1) is 18.8. The summed E-state index contributed by atoms with van der Waals surface area (Å²) in [7, 11) is 1.45. The molecule has 2 fully saturated rings. The second kappa shape index (κ2) is 8.64. The number of nitrogens with zero attached hydrogens (tertiary/aromatic N) is 3. The van der Waals surface area contributed by atoms with E-state index in [1.165, 1.54) is 7.11 Å². The zero-order valence-electron chi connectivity index (χ0n) is 15.4. The van der Waals surface area contributed by atoms with Gasteiger partial charge >= 0.3 is 5.97 Å². The number of nitrogens with one attached hydrogen (secondary N) is 1. The number of piperidine rings is 2.